The molecule has 1 heterocycles. The Balaban J connectivity index is 1.70. The highest BCUT2D eigenvalue weighted by Gasteiger charge is 2.24. The first-order chi connectivity index (χ1) is 15.2. The Morgan fingerprint density at radius 3 is 2.56 bits per heavy atom. The molecule has 0 radical (unpaired) electrons. The summed E-state index contributed by atoms with van der Waals surface area (Å²) in [6.07, 6.45) is 4.98. The van der Waals surface area contributed by atoms with Gasteiger partial charge in [-0.1, -0.05) is 23.7 Å². The summed E-state index contributed by atoms with van der Waals surface area (Å²) < 4.78 is 49.2. The molecule has 176 valence electrons. The van der Waals surface area contributed by atoms with Gasteiger partial charge >= 0.3 is 0 Å². The van der Waals surface area contributed by atoms with Crippen LogP contribution in [0.15, 0.2) is 35.4 Å². The summed E-state index contributed by atoms with van der Waals surface area (Å²) in [7, 11) is -3.50. The second-order valence-corrected chi connectivity index (χ2v) is 11.7. The molecule has 1 aliphatic carbocycles. The minimum absolute atomic E-state index is 0.159. The molecule has 12 heteroatoms. The molecule has 2 aromatic rings. The first kappa shape index (κ1) is 24.8. The number of halogens is 1. The Morgan fingerprint density at radius 2 is 1.91 bits per heavy atom. The van der Waals surface area contributed by atoms with Gasteiger partial charge in [-0.15, -0.1) is 0 Å². The van der Waals surface area contributed by atoms with Crippen molar-refractivity contribution in [2.45, 2.75) is 55.7 Å². The SMILES string of the molecule is CC(C)S(=O)(=O)c1ccccc1Nc1nc(NC2CCC(CNS(=O)[O-])CC2)ncc1Cl. The van der Waals surface area contributed by atoms with Crippen molar-refractivity contribution in [2.75, 3.05) is 17.2 Å². The molecule has 3 rings (SSSR count). The van der Waals surface area contributed by atoms with Crippen molar-refractivity contribution >= 4 is 50.2 Å². The Hall–Kier alpha value is -1.79. The number of aromatic nitrogens is 2. The standard InChI is InChI=1S/C20H28ClN5O4S2/c1-13(2)32(29,30)18-6-4-3-5-17(18)25-19-16(21)12-22-20(26-19)24-15-9-7-14(8-10-15)11-23-31(27)28/h3-6,12-15,23H,7-11H2,1-2H3,(H,27,28)(H2,22,24,25,26)/p-1. The Labute approximate surface area is 196 Å². The van der Waals surface area contributed by atoms with Gasteiger partial charge in [0.2, 0.25) is 5.95 Å². The van der Waals surface area contributed by atoms with Crippen LogP contribution in [0.2, 0.25) is 5.02 Å². The summed E-state index contributed by atoms with van der Waals surface area (Å²) in [4.78, 5) is 8.89. The third kappa shape index (κ3) is 6.38. The van der Waals surface area contributed by atoms with Crippen molar-refractivity contribution in [3.63, 3.8) is 0 Å². The molecular weight excluding hydrogens is 474 g/mol. The van der Waals surface area contributed by atoms with E-state index in [1.165, 1.54) is 6.20 Å². The van der Waals surface area contributed by atoms with Gasteiger partial charge in [-0.05, 0) is 57.6 Å². The van der Waals surface area contributed by atoms with Crippen molar-refractivity contribution in [3.8, 4) is 0 Å². The molecule has 32 heavy (non-hydrogen) atoms. The van der Waals surface area contributed by atoms with Crippen LogP contribution in [0, 0.1) is 5.92 Å². The van der Waals surface area contributed by atoms with E-state index >= 15 is 0 Å². The fourth-order valence-corrected chi connectivity index (χ4v) is 5.32. The van der Waals surface area contributed by atoms with E-state index in [1.807, 2.05) is 0 Å². The van der Waals surface area contributed by atoms with Gasteiger partial charge in [-0.25, -0.2) is 18.1 Å². The molecule has 0 spiro atoms. The fraction of sp³-hybridized carbons (Fsp3) is 0.500. The Bertz CT molecular complexity index is 1060. The minimum Gasteiger partial charge on any atom is -0.760 e. The predicted molar refractivity (Wildman–Crippen MR) is 125 cm³/mol. The smallest absolute Gasteiger partial charge is 0.224 e. The monoisotopic (exact) mass is 500 g/mol. The van der Waals surface area contributed by atoms with Crippen LogP contribution in [-0.4, -0.2) is 45.0 Å². The highest BCUT2D eigenvalue weighted by molar-refractivity contribution is 7.92. The van der Waals surface area contributed by atoms with E-state index in [1.54, 1.807) is 38.1 Å². The molecule has 9 nitrogen and oxygen atoms in total. The van der Waals surface area contributed by atoms with Gasteiger partial charge in [-0.2, -0.15) is 4.98 Å². The number of hydrogen-bond acceptors (Lipinski definition) is 8. The molecule has 0 amide bonds. The topological polar surface area (TPSA) is 136 Å². The first-order valence-electron chi connectivity index (χ1n) is 10.4. The highest BCUT2D eigenvalue weighted by Crippen LogP contribution is 2.31. The van der Waals surface area contributed by atoms with Gasteiger partial charge in [0.05, 0.1) is 22.0 Å². The summed E-state index contributed by atoms with van der Waals surface area (Å²) in [5, 5.41) is 6.05. The van der Waals surface area contributed by atoms with Crippen molar-refractivity contribution in [1.82, 2.24) is 14.7 Å². The average molecular weight is 501 g/mol. The van der Waals surface area contributed by atoms with Gasteiger partial charge in [0.15, 0.2) is 15.7 Å². The molecule has 1 aromatic heterocycles. The van der Waals surface area contributed by atoms with Crippen molar-refractivity contribution in [1.29, 1.82) is 0 Å². The molecule has 1 aromatic carbocycles. The van der Waals surface area contributed by atoms with Gasteiger partial charge in [0.25, 0.3) is 0 Å². The number of nitrogens with zero attached hydrogens (tertiary/aromatic N) is 2. The maximum absolute atomic E-state index is 12.7. The third-order valence-corrected chi connectivity index (χ3v) is 8.37. The van der Waals surface area contributed by atoms with Gasteiger partial charge in [0, 0.05) is 23.9 Å². The molecular formula is C20H27ClN5O4S2-. The number of anilines is 3. The van der Waals surface area contributed by atoms with E-state index in [-0.39, 0.29) is 16.0 Å². The van der Waals surface area contributed by atoms with Crippen molar-refractivity contribution < 1.29 is 17.2 Å². The summed E-state index contributed by atoms with van der Waals surface area (Å²) in [6, 6.07) is 6.81. The Kier molecular flexibility index (Phi) is 8.45. The normalized spacial score (nSPS) is 20.2. The lowest BCUT2D eigenvalue weighted by Crippen LogP contribution is -2.32. The Morgan fingerprint density at radius 1 is 1.22 bits per heavy atom. The largest absolute Gasteiger partial charge is 0.760 e. The zero-order valence-corrected chi connectivity index (χ0v) is 20.3. The van der Waals surface area contributed by atoms with E-state index in [4.69, 9.17) is 11.6 Å². The fourth-order valence-electron chi connectivity index (χ4n) is 3.60. The van der Waals surface area contributed by atoms with Crippen LogP contribution in [-0.2, 0) is 21.1 Å². The van der Waals surface area contributed by atoms with E-state index in [2.05, 4.69) is 25.3 Å². The maximum Gasteiger partial charge on any atom is 0.224 e. The second kappa shape index (κ2) is 10.9. The summed E-state index contributed by atoms with van der Waals surface area (Å²) >= 11 is 4.04. The number of rotatable bonds is 9. The van der Waals surface area contributed by atoms with E-state index in [0.29, 0.717) is 29.9 Å². The van der Waals surface area contributed by atoms with Gasteiger partial charge in [-0.3, -0.25) is 4.21 Å². The minimum atomic E-state index is -3.50. The highest BCUT2D eigenvalue weighted by atomic mass is 35.5. The average Bonchev–Trinajstić information content (AvgIpc) is 2.75. The lowest BCUT2D eigenvalue weighted by molar-refractivity contribution is 0.335. The van der Waals surface area contributed by atoms with Crippen molar-refractivity contribution in [2.24, 2.45) is 5.92 Å². The number of para-hydroxylation sites is 1. The predicted octanol–water partition coefficient (Wildman–Crippen LogP) is 3.41. The van der Waals surface area contributed by atoms with Crippen molar-refractivity contribution in [3.05, 3.63) is 35.5 Å². The van der Waals surface area contributed by atoms with Gasteiger partial charge in [0.1, 0.15) is 5.02 Å². The number of nitrogens with one attached hydrogen (secondary N) is 3. The van der Waals surface area contributed by atoms with Crippen LogP contribution in [0.1, 0.15) is 39.5 Å². The second-order valence-electron chi connectivity index (χ2n) is 8.05. The van der Waals surface area contributed by atoms with Gasteiger partial charge < -0.3 is 15.2 Å². The van der Waals surface area contributed by atoms with Crippen LogP contribution >= 0.6 is 11.6 Å². The molecule has 0 aliphatic heterocycles. The van der Waals surface area contributed by atoms with Crippen LogP contribution in [0.4, 0.5) is 17.5 Å². The molecule has 0 bridgehead atoms. The zero-order chi connectivity index (χ0) is 23.3. The number of benzene rings is 1. The molecule has 1 aliphatic rings. The maximum atomic E-state index is 12.7. The molecule has 3 N–H and O–H groups in total. The quantitative estimate of drug-likeness (QED) is 0.445. The third-order valence-electron chi connectivity index (χ3n) is 5.48. The molecule has 1 atom stereocenters. The number of sulfone groups is 1. The number of hydrogen-bond donors (Lipinski definition) is 3. The van der Waals surface area contributed by atoms with Crippen LogP contribution in [0.3, 0.4) is 0 Å². The zero-order valence-electron chi connectivity index (χ0n) is 17.9. The lowest BCUT2D eigenvalue weighted by Gasteiger charge is -2.29. The molecule has 1 saturated carbocycles. The summed E-state index contributed by atoms with van der Waals surface area (Å²) in [5.74, 6) is 1.02. The van der Waals surface area contributed by atoms with Crippen LogP contribution in [0.25, 0.3) is 0 Å². The summed E-state index contributed by atoms with van der Waals surface area (Å²) in [5.41, 5.74) is 0.400. The molecule has 0 saturated heterocycles. The first-order valence-corrected chi connectivity index (χ1v) is 13.4. The summed E-state index contributed by atoms with van der Waals surface area (Å²) in [6.45, 7) is 3.72. The van der Waals surface area contributed by atoms with E-state index in [0.717, 1.165) is 25.7 Å². The van der Waals surface area contributed by atoms with Crippen LogP contribution in [0.5, 0.6) is 0 Å². The van der Waals surface area contributed by atoms with E-state index in [9.17, 15) is 17.2 Å². The molecule has 1 unspecified atom stereocenters. The van der Waals surface area contributed by atoms with Crippen LogP contribution < -0.4 is 15.4 Å². The van der Waals surface area contributed by atoms with E-state index < -0.39 is 26.4 Å². The lowest BCUT2D eigenvalue weighted by atomic mass is 9.86. The molecule has 1 fully saturated rings.